The normalized spacial score (nSPS) is 26.1. The first kappa shape index (κ1) is 15.2. The molecule has 1 aromatic heterocycles. The highest BCUT2D eigenvalue weighted by Crippen LogP contribution is 2.24. The van der Waals surface area contributed by atoms with Crippen LogP contribution < -0.4 is 0 Å². The summed E-state index contributed by atoms with van der Waals surface area (Å²) in [5, 5.41) is 0. The van der Waals surface area contributed by atoms with Gasteiger partial charge in [0.15, 0.2) is 0 Å². The van der Waals surface area contributed by atoms with E-state index in [9.17, 15) is 4.79 Å². The molecule has 0 unspecified atom stereocenters. The van der Waals surface area contributed by atoms with Gasteiger partial charge in [0.25, 0.3) is 5.91 Å². The summed E-state index contributed by atoms with van der Waals surface area (Å²) in [7, 11) is 0. The number of fused-ring (bicyclic) bond motifs is 1. The largest absolute Gasteiger partial charge is 0.375 e. The van der Waals surface area contributed by atoms with E-state index < -0.39 is 0 Å². The minimum atomic E-state index is 0.00912. The number of likely N-dealkylation sites (tertiary alicyclic amines) is 1. The third-order valence-electron chi connectivity index (χ3n) is 4.49. The van der Waals surface area contributed by atoms with Crippen molar-refractivity contribution in [3.05, 3.63) is 42.7 Å². The molecule has 2 saturated heterocycles. The summed E-state index contributed by atoms with van der Waals surface area (Å²) < 4.78 is 6.01. The number of carbonyl (C=O) groups is 1. The zero-order valence-electron chi connectivity index (χ0n) is 12.9. The Balaban J connectivity index is 1.64. The third-order valence-corrected chi connectivity index (χ3v) is 4.49. The molecule has 3 heterocycles. The first-order chi connectivity index (χ1) is 10.8. The molecule has 1 aromatic rings. The molecule has 2 fully saturated rings. The quantitative estimate of drug-likeness (QED) is 0.792. The Morgan fingerprint density at radius 1 is 1.41 bits per heavy atom. The van der Waals surface area contributed by atoms with Gasteiger partial charge < -0.3 is 9.64 Å². The van der Waals surface area contributed by atoms with Gasteiger partial charge in [-0.1, -0.05) is 12.1 Å². The van der Waals surface area contributed by atoms with Gasteiger partial charge in [-0.05, 0) is 18.6 Å². The topological polar surface area (TPSA) is 45.7 Å². The van der Waals surface area contributed by atoms with Crippen LogP contribution in [0.4, 0.5) is 0 Å². The Morgan fingerprint density at radius 2 is 2.32 bits per heavy atom. The number of hydrogen-bond donors (Lipinski definition) is 0. The number of nitrogens with zero attached hydrogens (tertiary/aromatic N) is 3. The molecule has 2 aliphatic heterocycles. The van der Waals surface area contributed by atoms with Crippen LogP contribution in [0.3, 0.4) is 0 Å². The molecule has 0 spiro atoms. The summed E-state index contributed by atoms with van der Waals surface area (Å²) in [6.07, 6.45) is 4.72. The second kappa shape index (κ2) is 7.03. The first-order valence-corrected chi connectivity index (χ1v) is 7.93. The van der Waals surface area contributed by atoms with Crippen molar-refractivity contribution >= 4 is 5.91 Å². The predicted molar refractivity (Wildman–Crippen MR) is 84.6 cm³/mol. The van der Waals surface area contributed by atoms with Gasteiger partial charge in [-0.25, -0.2) is 0 Å². The number of ether oxygens (including phenoxy) is 1. The SMILES string of the molecule is C=CCN1CCO[C@@H]2CN(C(=O)c3ccccn3)CC[C@@H]2C1. The van der Waals surface area contributed by atoms with Gasteiger partial charge in [-0.2, -0.15) is 0 Å². The van der Waals surface area contributed by atoms with E-state index in [1.807, 2.05) is 23.1 Å². The molecule has 0 bridgehead atoms. The standard InChI is InChI=1S/C17H23N3O2/c1-2-8-19-10-11-22-16-13-20(9-6-14(16)12-19)17(21)15-5-3-4-7-18-15/h2-5,7,14,16H,1,6,8-13H2/t14-,16-/m1/s1. The molecule has 5 heteroatoms. The van der Waals surface area contributed by atoms with E-state index in [0.29, 0.717) is 18.2 Å². The van der Waals surface area contributed by atoms with E-state index in [1.165, 1.54) is 0 Å². The maximum atomic E-state index is 12.5. The van der Waals surface area contributed by atoms with Crippen LogP contribution in [0.1, 0.15) is 16.9 Å². The van der Waals surface area contributed by atoms with Crippen LogP contribution in [-0.2, 0) is 4.74 Å². The summed E-state index contributed by atoms with van der Waals surface area (Å²) in [4.78, 5) is 20.9. The smallest absolute Gasteiger partial charge is 0.272 e. The maximum Gasteiger partial charge on any atom is 0.272 e. The zero-order valence-corrected chi connectivity index (χ0v) is 12.9. The fourth-order valence-corrected chi connectivity index (χ4v) is 3.30. The lowest BCUT2D eigenvalue weighted by Crippen LogP contribution is -2.49. The summed E-state index contributed by atoms with van der Waals surface area (Å²) >= 11 is 0. The highest BCUT2D eigenvalue weighted by atomic mass is 16.5. The molecule has 3 rings (SSSR count). The van der Waals surface area contributed by atoms with Crippen molar-refractivity contribution in [2.45, 2.75) is 12.5 Å². The predicted octanol–water partition coefficient (Wildman–Crippen LogP) is 1.43. The number of pyridine rings is 1. The van der Waals surface area contributed by atoms with E-state index >= 15 is 0 Å². The fourth-order valence-electron chi connectivity index (χ4n) is 3.30. The number of rotatable bonds is 3. The second-order valence-electron chi connectivity index (χ2n) is 5.97. The highest BCUT2D eigenvalue weighted by Gasteiger charge is 2.35. The van der Waals surface area contributed by atoms with Gasteiger partial charge in [-0.15, -0.1) is 6.58 Å². The van der Waals surface area contributed by atoms with Gasteiger partial charge in [0.2, 0.25) is 0 Å². The average molecular weight is 301 g/mol. The monoisotopic (exact) mass is 301 g/mol. The summed E-state index contributed by atoms with van der Waals surface area (Å²) in [5.74, 6) is 0.505. The number of hydrogen-bond acceptors (Lipinski definition) is 4. The Bertz CT molecular complexity index is 520. The molecule has 0 radical (unpaired) electrons. The van der Waals surface area contributed by atoms with Crippen LogP contribution in [0.5, 0.6) is 0 Å². The molecule has 2 aliphatic rings. The Hall–Kier alpha value is -1.72. The van der Waals surface area contributed by atoms with E-state index in [0.717, 1.165) is 39.2 Å². The minimum absolute atomic E-state index is 0.00912. The zero-order chi connectivity index (χ0) is 15.4. The molecule has 5 nitrogen and oxygen atoms in total. The van der Waals surface area contributed by atoms with Crippen molar-refractivity contribution in [2.24, 2.45) is 5.92 Å². The van der Waals surface area contributed by atoms with Gasteiger partial charge in [0, 0.05) is 44.8 Å². The van der Waals surface area contributed by atoms with E-state index in [1.54, 1.807) is 12.3 Å². The number of piperidine rings is 1. The van der Waals surface area contributed by atoms with Crippen molar-refractivity contribution in [3.8, 4) is 0 Å². The maximum absolute atomic E-state index is 12.5. The van der Waals surface area contributed by atoms with Crippen molar-refractivity contribution in [1.82, 2.24) is 14.8 Å². The minimum Gasteiger partial charge on any atom is -0.375 e. The van der Waals surface area contributed by atoms with Crippen LogP contribution in [-0.4, -0.2) is 66.1 Å². The molecular weight excluding hydrogens is 278 g/mol. The molecular formula is C17H23N3O2. The van der Waals surface area contributed by atoms with E-state index in [-0.39, 0.29) is 12.0 Å². The van der Waals surface area contributed by atoms with Gasteiger partial charge in [-0.3, -0.25) is 14.7 Å². The van der Waals surface area contributed by atoms with Gasteiger partial charge in [0.1, 0.15) is 5.69 Å². The van der Waals surface area contributed by atoms with E-state index in [4.69, 9.17) is 4.74 Å². The van der Waals surface area contributed by atoms with E-state index in [2.05, 4.69) is 16.5 Å². The molecule has 0 aliphatic carbocycles. The Labute approximate surface area is 131 Å². The molecule has 118 valence electrons. The van der Waals surface area contributed by atoms with Crippen molar-refractivity contribution < 1.29 is 9.53 Å². The fraction of sp³-hybridized carbons (Fsp3) is 0.529. The van der Waals surface area contributed by atoms with Crippen LogP contribution in [0.2, 0.25) is 0 Å². The van der Waals surface area contributed by atoms with Crippen molar-refractivity contribution in [2.75, 3.05) is 39.3 Å². The highest BCUT2D eigenvalue weighted by molar-refractivity contribution is 5.92. The Morgan fingerprint density at radius 3 is 3.09 bits per heavy atom. The van der Waals surface area contributed by atoms with Crippen LogP contribution in [0.25, 0.3) is 0 Å². The molecule has 2 atom stereocenters. The van der Waals surface area contributed by atoms with Crippen molar-refractivity contribution in [3.63, 3.8) is 0 Å². The van der Waals surface area contributed by atoms with Crippen LogP contribution in [0, 0.1) is 5.92 Å². The lowest BCUT2D eigenvalue weighted by Gasteiger charge is -2.37. The third kappa shape index (κ3) is 3.36. The summed E-state index contributed by atoms with van der Waals surface area (Å²) in [6, 6.07) is 5.45. The summed E-state index contributed by atoms with van der Waals surface area (Å²) in [5.41, 5.74) is 0.517. The summed E-state index contributed by atoms with van der Waals surface area (Å²) in [6.45, 7) is 8.86. The average Bonchev–Trinajstić information content (AvgIpc) is 2.76. The van der Waals surface area contributed by atoms with Gasteiger partial charge in [0.05, 0.1) is 12.7 Å². The molecule has 0 N–H and O–H groups in total. The lowest BCUT2D eigenvalue weighted by molar-refractivity contribution is -0.0172. The van der Waals surface area contributed by atoms with Crippen LogP contribution in [0.15, 0.2) is 37.1 Å². The lowest BCUT2D eigenvalue weighted by atomic mass is 9.93. The number of aromatic nitrogens is 1. The molecule has 0 saturated carbocycles. The first-order valence-electron chi connectivity index (χ1n) is 7.93. The molecule has 1 amide bonds. The number of carbonyl (C=O) groups excluding carboxylic acids is 1. The second-order valence-corrected chi connectivity index (χ2v) is 5.97. The number of amides is 1. The van der Waals surface area contributed by atoms with Gasteiger partial charge >= 0.3 is 0 Å². The van der Waals surface area contributed by atoms with Crippen molar-refractivity contribution in [1.29, 1.82) is 0 Å². The van der Waals surface area contributed by atoms with Crippen LogP contribution >= 0.6 is 0 Å². The molecule has 0 aromatic carbocycles. The molecule has 22 heavy (non-hydrogen) atoms. The Kier molecular flexibility index (Phi) is 4.85.